The number of ether oxygens (including phenoxy) is 2. The molecule has 0 aromatic heterocycles. The van der Waals surface area contributed by atoms with E-state index in [1.807, 2.05) is 0 Å². The van der Waals surface area contributed by atoms with Crippen LogP contribution in [0.1, 0.15) is 11.1 Å². The zero-order chi connectivity index (χ0) is 14.4. The van der Waals surface area contributed by atoms with Gasteiger partial charge in [-0.25, -0.2) is 4.39 Å². The molecule has 0 bridgehead atoms. The summed E-state index contributed by atoms with van der Waals surface area (Å²) in [6, 6.07) is 12.0. The highest BCUT2D eigenvalue weighted by Gasteiger charge is 2.47. The number of hydrogen-bond donors (Lipinski definition) is 1. The number of anilines is 1. The van der Waals surface area contributed by atoms with Crippen molar-refractivity contribution in [1.82, 2.24) is 0 Å². The highest BCUT2D eigenvalue weighted by Crippen LogP contribution is 2.42. The molecule has 0 unspecified atom stereocenters. The van der Waals surface area contributed by atoms with Gasteiger partial charge >= 0.3 is 0 Å². The molecule has 1 atom stereocenters. The normalized spacial score (nSPS) is 22.0. The number of fused-ring (bicyclic) bond motifs is 2. The van der Waals surface area contributed by atoms with E-state index in [1.165, 1.54) is 0 Å². The lowest BCUT2D eigenvalue weighted by molar-refractivity contribution is -0.126. The van der Waals surface area contributed by atoms with Crippen molar-refractivity contribution in [2.45, 2.75) is 12.1 Å². The van der Waals surface area contributed by atoms with Gasteiger partial charge in [0.2, 0.25) is 12.5 Å². The average molecular weight is 285 g/mol. The van der Waals surface area contributed by atoms with E-state index in [-0.39, 0.29) is 13.2 Å². The van der Waals surface area contributed by atoms with Gasteiger partial charge in [-0.2, -0.15) is 0 Å². The molecule has 0 saturated heterocycles. The van der Waals surface area contributed by atoms with Gasteiger partial charge in [0.05, 0.1) is 0 Å². The fraction of sp³-hybridized carbons (Fsp3) is 0.188. The molecule has 4 nitrogen and oxygen atoms in total. The Morgan fingerprint density at radius 2 is 1.95 bits per heavy atom. The Bertz CT molecular complexity index is 746. The van der Waals surface area contributed by atoms with Crippen LogP contribution in [0.5, 0.6) is 11.5 Å². The molecule has 2 aromatic rings. The number of carbonyl (C=O) groups excluding carboxylic acids is 1. The van der Waals surface area contributed by atoms with E-state index < -0.39 is 11.6 Å². The number of rotatable bonds is 2. The second kappa shape index (κ2) is 4.22. The average Bonchev–Trinajstić information content (AvgIpc) is 3.03. The summed E-state index contributed by atoms with van der Waals surface area (Å²) in [5.74, 6) is 0.604. The predicted molar refractivity (Wildman–Crippen MR) is 74.1 cm³/mol. The third kappa shape index (κ3) is 1.77. The number of alkyl halides is 1. The van der Waals surface area contributed by atoms with Gasteiger partial charge in [0.1, 0.15) is 0 Å². The van der Waals surface area contributed by atoms with E-state index in [0.717, 1.165) is 0 Å². The Kier molecular flexibility index (Phi) is 2.45. The fourth-order valence-electron chi connectivity index (χ4n) is 2.79. The molecule has 1 N–H and O–H groups in total. The maximum atomic E-state index is 15.3. The monoisotopic (exact) mass is 285 g/mol. The number of amides is 1. The molecular weight excluding hydrogens is 273 g/mol. The minimum atomic E-state index is -2.05. The largest absolute Gasteiger partial charge is 0.454 e. The Balaban J connectivity index is 1.72. The molecule has 5 heteroatoms. The molecular formula is C16H12FNO3. The summed E-state index contributed by atoms with van der Waals surface area (Å²) in [5.41, 5.74) is -0.448. The summed E-state index contributed by atoms with van der Waals surface area (Å²) in [6.07, 6.45) is -0.0352. The first-order valence-electron chi connectivity index (χ1n) is 6.65. The maximum absolute atomic E-state index is 15.3. The van der Waals surface area contributed by atoms with E-state index in [2.05, 4.69) is 5.32 Å². The van der Waals surface area contributed by atoms with Crippen LogP contribution in [0.2, 0.25) is 0 Å². The van der Waals surface area contributed by atoms with Crippen LogP contribution < -0.4 is 14.8 Å². The Morgan fingerprint density at radius 3 is 2.86 bits per heavy atom. The van der Waals surface area contributed by atoms with E-state index in [4.69, 9.17) is 9.47 Å². The number of benzene rings is 2. The van der Waals surface area contributed by atoms with E-state index in [1.54, 1.807) is 42.5 Å². The molecule has 106 valence electrons. The van der Waals surface area contributed by atoms with Gasteiger partial charge in [0.15, 0.2) is 11.5 Å². The fourth-order valence-corrected chi connectivity index (χ4v) is 2.79. The summed E-state index contributed by atoms with van der Waals surface area (Å²) in [6.45, 7) is 0.170. The van der Waals surface area contributed by atoms with Gasteiger partial charge in [0.25, 0.3) is 5.91 Å². The van der Waals surface area contributed by atoms with Crippen molar-refractivity contribution in [1.29, 1.82) is 0 Å². The number of halogens is 1. The highest BCUT2D eigenvalue weighted by molar-refractivity contribution is 6.05. The Hall–Kier alpha value is -2.56. The Morgan fingerprint density at radius 1 is 1.14 bits per heavy atom. The van der Waals surface area contributed by atoms with Gasteiger partial charge in [0, 0.05) is 17.7 Å². The summed E-state index contributed by atoms with van der Waals surface area (Å²) >= 11 is 0. The lowest BCUT2D eigenvalue weighted by Crippen LogP contribution is -2.31. The SMILES string of the molecule is O=C1Nc2ccccc2[C@]1(F)Cc1ccc2c(c1)OCO2. The van der Waals surface area contributed by atoms with Crippen LogP contribution >= 0.6 is 0 Å². The van der Waals surface area contributed by atoms with Crippen LogP contribution in [0, 0.1) is 0 Å². The first-order chi connectivity index (χ1) is 10.2. The molecule has 21 heavy (non-hydrogen) atoms. The summed E-state index contributed by atoms with van der Waals surface area (Å²) in [4.78, 5) is 12.0. The smallest absolute Gasteiger partial charge is 0.267 e. The summed E-state index contributed by atoms with van der Waals surface area (Å²) in [7, 11) is 0. The van der Waals surface area contributed by atoms with E-state index >= 15 is 4.39 Å². The Labute approximate surface area is 120 Å². The van der Waals surface area contributed by atoms with Crippen molar-refractivity contribution in [3.63, 3.8) is 0 Å². The maximum Gasteiger partial charge on any atom is 0.267 e. The summed E-state index contributed by atoms with van der Waals surface area (Å²) < 4.78 is 25.8. The molecule has 1 amide bonds. The van der Waals surface area contributed by atoms with Crippen molar-refractivity contribution in [3.8, 4) is 11.5 Å². The van der Waals surface area contributed by atoms with Crippen LogP contribution in [0.3, 0.4) is 0 Å². The standard InChI is InChI=1S/C16H12FNO3/c17-16(11-3-1-2-4-12(11)18-15(16)19)8-10-5-6-13-14(7-10)21-9-20-13/h1-7H,8-9H2,(H,18,19)/t16-/m1/s1. The molecule has 0 spiro atoms. The van der Waals surface area contributed by atoms with E-state index in [0.29, 0.717) is 28.3 Å². The van der Waals surface area contributed by atoms with Crippen LogP contribution in [-0.4, -0.2) is 12.7 Å². The van der Waals surface area contributed by atoms with Crippen molar-refractivity contribution in [3.05, 3.63) is 53.6 Å². The van der Waals surface area contributed by atoms with Gasteiger partial charge in [-0.3, -0.25) is 4.79 Å². The second-order valence-corrected chi connectivity index (χ2v) is 5.17. The third-order valence-corrected chi connectivity index (χ3v) is 3.85. The van der Waals surface area contributed by atoms with Crippen LogP contribution in [0.25, 0.3) is 0 Å². The first kappa shape index (κ1) is 12.2. The molecule has 0 saturated carbocycles. The van der Waals surface area contributed by atoms with E-state index in [9.17, 15) is 4.79 Å². The molecule has 2 heterocycles. The van der Waals surface area contributed by atoms with Crippen molar-refractivity contribution in [2.24, 2.45) is 0 Å². The lowest BCUT2D eigenvalue weighted by Gasteiger charge is -2.18. The topological polar surface area (TPSA) is 47.6 Å². The first-order valence-corrected chi connectivity index (χ1v) is 6.65. The van der Waals surface area contributed by atoms with Gasteiger partial charge in [-0.1, -0.05) is 24.3 Å². The van der Waals surface area contributed by atoms with Crippen molar-refractivity contribution < 1.29 is 18.7 Å². The predicted octanol–water partition coefficient (Wildman–Crippen LogP) is 2.77. The number of carbonyl (C=O) groups is 1. The zero-order valence-corrected chi connectivity index (χ0v) is 11.1. The molecule has 2 aromatic carbocycles. The van der Waals surface area contributed by atoms with Crippen molar-refractivity contribution >= 4 is 11.6 Å². The second-order valence-electron chi connectivity index (χ2n) is 5.17. The van der Waals surface area contributed by atoms with Gasteiger partial charge in [-0.15, -0.1) is 0 Å². The minimum absolute atomic E-state index is 0.0352. The number of nitrogens with one attached hydrogen (secondary N) is 1. The third-order valence-electron chi connectivity index (χ3n) is 3.85. The highest BCUT2D eigenvalue weighted by atomic mass is 19.1. The summed E-state index contributed by atoms with van der Waals surface area (Å²) in [5, 5.41) is 2.59. The number of para-hydroxylation sites is 1. The molecule has 4 rings (SSSR count). The molecule has 0 fully saturated rings. The molecule has 2 aliphatic heterocycles. The minimum Gasteiger partial charge on any atom is -0.454 e. The zero-order valence-electron chi connectivity index (χ0n) is 11.1. The quantitative estimate of drug-likeness (QED) is 0.923. The molecule has 2 aliphatic rings. The van der Waals surface area contributed by atoms with Crippen molar-refractivity contribution in [2.75, 3.05) is 12.1 Å². The molecule has 0 radical (unpaired) electrons. The van der Waals surface area contributed by atoms with Gasteiger partial charge in [-0.05, 0) is 23.8 Å². The number of hydrogen-bond acceptors (Lipinski definition) is 3. The van der Waals surface area contributed by atoms with Crippen LogP contribution in [-0.2, 0) is 16.9 Å². The lowest BCUT2D eigenvalue weighted by atomic mass is 9.90. The van der Waals surface area contributed by atoms with Crippen LogP contribution in [0.15, 0.2) is 42.5 Å². The molecule has 0 aliphatic carbocycles. The van der Waals surface area contributed by atoms with Gasteiger partial charge < -0.3 is 14.8 Å². The van der Waals surface area contributed by atoms with Crippen LogP contribution in [0.4, 0.5) is 10.1 Å².